The quantitative estimate of drug-likeness (QED) is 0.650. The van der Waals surface area contributed by atoms with Crippen LogP contribution in [-0.4, -0.2) is 22.7 Å². The van der Waals surface area contributed by atoms with Crippen molar-refractivity contribution < 1.29 is 18.3 Å². The van der Waals surface area contributed by atoms with Crippen molar-refractivity contribution in [2.75, 3.05) is 6.61 Å². The third-order valence-electron chi connectivity index (χ3n) is 4.67. The summed E-state index contributed by atoms with van der Waals surface area (Å²) in [5, 5.41) is 5.14. The molecule has 1 atom stereocenters. The van der Waals surface area contributed by atoms with Crippen molar-refractivity contribution in [3.05, 3.63) is 64.9 Å². The van der Waals surface area contributed by atoms with Gasteiger partial charge in [0.25, 0.3) is 0 Å². The van der Waals surface area contributed by atoms with Crippen LogP contribution in [0.3, 0.4) is 0 Å². The van der Waals surface area contributed by atoms with Gasteiger partial charge in [-0.15, -0.1) is 0 Å². The summed E-state index contributed by atoms with van der Waals surface area (Å²) in [6.07, 6.45) is 3.89. The number of aromatic nitrogens is 2. The Morgan fingerprint density at radius 2 is 1.92 bits per heavy atom. The van der Waals surface area contributed by atoms with Crippen molar-refractivity contribution in [1.29, 1.82) is 0 Å². The first kappa shape index (κ1) is 16.8. The minimum Gasteiger partial charge on any atom is -0.356 e. The van der Waals surface area contributed by atoms with E-state index in [1.54, 1.807) is 4.68 Å². The third kappa shape index (κ3) is 3.24. The number of rotatable bonds is 4. The maximum absolute atomic E-state index is 13.4. The van der Waals surface area contributed by atoms with Gasteiger partial charge in [-0.3, -0.25) is 4.79 Å². The molecule has 0 radical (unpaired) electrons. The summed E-state index contributed by atoms with van der Waals surface area (Å²) in [7, 11) is 0. The van der Waals surface area contributed by atoms with Crippen molar-refractivity contribution >= 4 is 17.2 Å². The molecule has 1 aliphatic heterocycles. The molecular weight excluding hydrogens is 338 g/mol. The molecule has 6 heteroatoms. The molecule has 134 valence electrons. The van der Waals surface area contributed by atoms with E-state index in [2.05, 4.69) is 5.10 Å². The fourth-order valence-electron chi connectivity index (χ4n) is 3.49. The number of hydrogen-bond donors (Lipinski definition) is 0. The van der Waals surface area contributed by atoms with Gasteiger partial charge in [0, 0.05) is 18.1 Å². The maximum atomic E-state index is 13.4. The first-order chi connectivity index (χ1) is 12.6. The average Bonchev–Trinajstić information content (AvgIpc) is 2.99. The molecule has 2 heterocycles. The van der Waals surface area contributed by atoms with E-state index >= 15 is 0 Å². The Bertz CT molecular complexity index is 942. The molecule has 4 nitrogen and oxygen atoms in total. The van der Waals surface area contributed by atoms with Crippen LogP contribution in [0.5, 0.6) is 0 Å². The minimum absolute atomic E-state index is 0.164. The van der Waals surface area contributed by atoms with Crippen LogP contribution in [0.2, 0.25) is 0 Å². The zero-order valence-corrected chi connectivity index (χ0v) is 14.1. The molecular formula is C20H18F2N2O2. The van der Waals surface area contributed by atoms with Crippen LogP contribution >= 0.6 is 0 Å². The van der Waals surface area contributed by atoms with Crippen LogP contribution in [0.1, 0.15) is 47.1 Å². The second-order valence-electron chi connectivity index (χ2n) is 6.57. The summed E-state index contributed by atoms with van der Waals surface area (Å²) >= 11 is 0. The fraction of sp³-hybridized carbons (Fsp3) is 0.300. The summed E-state index contributed by atoms with van der Waals surface area (Å²) in [5.41, 5.74) is 2.57. The van der Waals surface area contributed by atoms with Gasteiger partial charge in [0.05, 0.1) is 5.52 Å². The first-order valence-corrected chi connectivity index (χ1v) is 8.67. The maximum Gasteiger partial charge on any atom is 0.170 e. The van der Waals surface area contributed by atoms with E-state index in [9.17, 15) is 13.6 Å². The Balaban J connectivity index is 1.71. The highest BCUT2D eigenvalue weighted by atomic mass is 19.1. The Hall–Kier alpha value is -2.60. The molecule has 1 fully saturated rings. The topological polar surface area (TPSA) is 44.1 Å². The number of ether oxygens (including phenoxy) is 1. The number of aldehydes is 1. The summed E-state index contributed by atoms with van der Waals surface area (Å²) < 4.78 is 34.3. The second kappa shape index (κ2) is 6.96. The highest BCUT2D eigenvalue weighted by Gasteiger charge is 2.21. The van der Waals surface area contributed by atoms with Crippen LogP contribution in [0.15, 0.2) is 36.4 Å². The number of fused-ring (bicyclic) bond motifs is 1. The van der Waals surface area contributed by atoms with E-state index in [1.165, 1.54) is 12.1 Å². The van der Waals surface area contributed by atoms with Gasteiger partial charge in [-0.25, -0.2) is 13.5 Å². The first-order valence-electron chi connectivity index (χ1n) is 8.67. The summed E-state index contributed by atoms with van der Waals surface area (Å²) in [4.78, 5) is 11.5. The number of hydrogen-bond acceptors (Lipinski definition) is 3. The molecule has 1 saturated heterocycles. The molecule has 0 aliphatic carbocycles. The zero-order chi connectivity index (χ0) is 18.1. The predicted molar refractivity (Wildman–Crippen MR) is 93.1 cm³/mol. The molecule has 0 amide bonds. The molecule has 2 aromatic carbocycles. The third-order valence-corrected chi connectivity index (χ3v) is 4.67. The molecule has 3 aromatic rings. The molecule has 4 rings (SSSR count). The Labute approximate surface area is 149 Å². The smallest absolute Gasteiger partial charge is 0.170 e. The van der Waals surface area contributed by atoms with Gasteiger partial charge in [0.1, 0.15) is 17.3 Å². The summed E-state index contributed by atoms with van der Waals surface area (Å²) in [5.74, 6) is -1.20. The second-order valence-corrected chi connectivity index (χ2v) is 6.57. The van der Waals surface area contributed by atoms with Crippen molar-refractivity contribution in [2.45, 2.75) is 31.9 Å². The van der Waals surface area contributed by atoms with Crippen LogP contribution < -0.4 is 0 Å². The van der Waals surface area contributed by atoms with E-state index in [4.69, 9.17) is 4.74 Å². The van der Waals surface area contributed by atoms with Crippen LogP contribution in [0.4, 0.5) is 8.78 Å². The number of halogens is 2. The Morgan fingerprint density at radius 1 is 1.12 bits per heavy atom. The van der Waals surface area contributed by atoms with E-state index in [1.807, 2.05) is 18.2 Å². The average molecular weight is 356 g/mol. The zero-order valence-electron chi connectivity index (χ0n) is 14.1. The lowest BCUT2D eigenvalue weighted by Gasteiger charge is -2.23. The Morgan fingerprint density at radius 3 is 2.62 bits per heavy atom. The largest absolute Gasteiger partial charge is 0.356 e. The normalized spacial score (nSPS) is 17.5. The summed E-state index contributed by atoms with van der Waals surface area (Å²) in [6, 6.07) is 9.11. The molecule has 0 bridgehead atoms. The molecule has 26 heavy (non-hydrogen) atoms. The van der Waals surface area contributed by atoms with Crippen LogP contribution in [0.25, 0.3) is 10.9 Å². The van der Waals surface area contributed by atoms with Gasteiger partial charge in [0.15, 0.2) is 12.5 Å². The lowest BCUT2D eigenvalue weighted by molar-refractivity contribution is -0.0367. The lowest BCUT2D eigenvalue weighted by Crippen LogP contribution is -2.19. The van der Waals surface area contributed by atoms with Gasteiger partial charge >= 0.3 is 0 Å². The van der Waals surface area contributed by atoms with E-state index in [0.29, 0.717) is 24.3 Å². The molecule has 1 unspecified atom stereocenters. The number of carbonyl (C=O) groups is 1. The molecule has 1 aliphatic rings. The monoisotopic (exact) mass is 356 g/mol. The van der Waals surface area contributed by atoms with E-state index in [-0.39, 0.29) is 6.23 Å². The lowest BCUT2D eigenvalue weighted by atomic mass is 10.0. The van der Waals surface area contributed by atoms with Gasteiger partial charge in [0.2, 0.25) is 0 Å². The van der Waals surface area contributed by atoms with Crippen molar-refractivity contribution in [2.24, 2.45) is 0 Å². The highest BCUT2D eigenvalue weighted by Crippen LogP contribution is 2.29. The molecule has 0 N–H and O–H groups in total. The predicted octanol–water partition coefficient (Wildman–Crippen LogP) is 4.42. The SMILES string of the molecule is O=Cc1nn(C2CCCCO2)c2ccc(Cc3cc(F)cc(F)c3)cc12. The van der Waals surface area contributed by atoms with Gasteiger partial charge in [-0.05, 0) is 61.1 Å². The van der Waals surface area contributed by atoms with E-state index < -0.39 is 11.6 Å². The minimum atomic E-state index is -0.600. The van der Waals surface area contributed by atoms with Gasteiger partial charge in [-0.1, -0.05) is 6.07 Å². The van der Waals surface area contributed by atoms with Crippen molar-refractivity contribution in [1.82, 2.24) is 9.78 Å². The molecule has 1 aromatic heterocycles. The summed E-state index contributed by atoms with van der Waals surface area (Å²) in [6.45, 7) is 0.686. The van der Waals surface area contributed by atoms with Crippen molar-refractivity contribution in [3.63, 3.8) is 0 Å². The number of nitrogens with zero attached hydrogens (tertiary/aromatic N) is 2. The number of benzene rings is 2. The Kier molecular flexibility index (Phi) is 4.51. The van der Waals surface area contributed by atoms with Gasteiger partial charge in [-0.2, -0.15) is 5.10 Å². The highest BCUT2D eigenvalue weighted by molar-refractivity contribution is 5.95. The standard InChI is InChI=1S/C20H18F2N2O2/c21-15-8-14(9-16(22)11-15)7-13-4-5-19-17(10-13)18(12-25)23-24(19)20-3-1-2-6-26-20/h4-5,8-12,20H,1-3,6-7H2. The number of carbonyl (C=O) groups excluding carboxylic acids is 1. The molecule has 0 saturated carbocycles. The van der Waals surface area contributed by atoms with Gasteiger partial charge < -0.3 is 4.74 Å². The van der Waals surface area contributed by atoms with Crippen LogP contribution in [-0.2, 0) is 11.2 Å². The van der Waals surface area contributed by atoms with Crippen LogP contribution in [0, 0.1) is 11.6 Å². The van der Waals surface area contributed by atoms with Crippen molar-refractivity contribution in [3.8, 4) is 0 Å². The molecule has 0 spiro atoms. The fourth-order valence-corrected chi connectivity index (χ4v) is 3.49. The van der Waals surface area contributed by atoms with E-state index in [0.717, 1.165) is 48.1 Å².